The van der Waals surface area contributed by atoms with Gasteiger partial charge in [0.25, 0.3) is 0 Å². The summed E-state index contributed by atoms with van der Waals surface area (Å²) < 4.78 is 11.5. The Kier molecular flexibility index (Phi) is 5.45. The number of rotatable bonds is 5. The molecule has 1 aromatic heterocycles. The number of carbonyl (C=O) groups is 1. The normalized spacial score (nSPS) is 15.9. The largest absolute Gasteiger partial charge is 0.454 e. The van der Waals surface area contributed by atoms with Gasteiger partial charge in [-0.05, 0) is 34.7 Å². The third-order valence-corrected chi connectivity index (χ3v) is 3.39. The molecule has 6 heteroatoms. The number of nitrogens with zero attached hydrogens (tertiary/aromatic N) is 1. The average Bonchev–Trinajstić information content (AvgIpc) is 2.81. The van der Waals surface area contributed by atoms with Crippen molar-refractivity contribution in [3.8, 4) is 0 Å². The molecule has 1 N–H and O–H groups in total. The molecule has 0 aromatic carbocycles. The maximum absolute atomic E-state index is 11.8. The molecule has 0 saturated carbocycles. The van der Waals surface area contributed by atoms with Crippen molar-refractivity contribution in [1.82, 2.24) is 10.2 Å². The lowest BCUT2D eigenvalue weighted by Gasteiger charge is -2.26. The monoisotopic (exact) mass is 364 g/mol. The van der Waals surface area contributed by atoms with Gasteiger partial charge in [0.05, 0.1) is 19.8 Å². The van der Waals surface area contributed by atoms with Crippen LogP contribution in [0.25, 0.3) is 0 Å². The number of morpholine rings is 1. The average molecular weight is 364 g/mol. The molecule has 0 spiro atoms. The summed E-state index contributed by atoms with van der Waals surface area (Å²) in [6.07, 6.45) is 0.526. The lowest BCUT2D eigenvalue weighted by Crippen LogP contribution is -2.41. The molecule has 1 fully saturated rings. The van der Waals surface area contributed by atoms with Crippen LogP contribution in [-0.2, 0) is 16.1 Å². The Labute approximate surface area is 120 Å². The quantitative estimate of drug-likeness (QED) is 0.631. The van der Waals surface area contributed by atoms with E-state index in [-0.39, 0.29) is 5.91 Å². The van der Waals surface area contributed by atoms with Crippen molar-refractivity contribution in [2.75, 3.05) is 32.8 Å². The smallest absolute Gasteiger partial charge is 0.224 e. The first-order valence-corrected chi connectivity index (χ1v) is 7.14. The number of hydrogen-bond donors (Lipinski definition) is 1. The van der Waals surface area contributed by atoms with Crippen molar-refractivity contribution < 1.29 is 13.9 Å². The predicted molar refractivity (Wildman–Crippen MR) is 75.1 cm³/mol. The van der Waals surface area contributed by atoms with Crippen LogP contribution in [0.2, 0.25) is 0 Å². The van der Waals surface area contributed by atoms with Gasteiger partial charge in [0.2, 0.25) is 5.91 Å². The number of nitrogens with one attached hydrogen (secondary N) is 1. The number of carbonyl (C=O) groups excluding carboxylic acids is 1. The fourth-order valence-electron chi connectivity index (χ4n) is 1.82. The Morgan fingerprint density at radius 3 is 2.83 bits per heavy atom. The Hall–Kier alpha value is -0.600. The molecule has 0 atom stereocenters. The molecule has 1 aromatic rings. The minimum absolute atomic E-state index is 0.194. The number of halogens is 1. The molecule has 1 saturated heterocycles. The van der Waals surface area contributed by atoms with Crippen LogP contribution in [0.15, 0.2) is 16.5 Å². The molecule has 2 heterocycles. The molecule has 5 nitrogen and oxygen atoms in total. The van der Waals surface area contributed by atoms with Crippen molar-refractivity contribution in [2.24, 2.45) is 0 Å². The first kappa shape index (κ1) is 13.8. The second kappa shape index (κ2) is 7.10. The van der Waals surface area contributed by atoms with Crippen molar-refractivity contribution in [3.63, 3.8) is 0 Å². The lowest BCUT2D eigenvalue weighted by molar-refractivity contribution is -0.135. The molecular weight excluding hydrogens is 347 g/mol. The Morgan fingerprint density at radius 2 is 2.17 bits per heavy atom. The second-order valence-corrected chi connectivity index (χ2v) is 5.19. The van der Waals surface area contributed by atoms with Crippen LogP contribution < -0.4 is 5.32 Å². The van der Waals surface area contributed by atoms with Gasteiger partial charge in [0, 0.05) is 26.1 Å². The summed E-state index contributed by atoms with van der Waals surface area (Å²) in [4.78, 5) is 13.7. The highest BCUT2D eigenvalue weighted by molar-refractivity contribution is 14.1. The number of hydrogen-bond acceptors (Lipinski definition) is 4. The molecule has 18 heavy (non-hydrogen) atoms. The van der Waals surface area contributed by atoms with Crippen LogP contribution >= 0.6 is 22.6 Å². The molecule has 0 aliphatic carbocycles. The highest BCUT2D eigenvalue weighted by atomic mass is 127. The van der Waals surface area contributed by atoms with Crippen LogP contribution in [0.5, 0.6) is 0 Å². The molecule has 0 unspecified atom stereocenters. The first-order chi connectivity index (χ1) is 8.75. The van der Waals surface area contributed by atoms with Gasteiger partial charge in [0.15, 0.2) is 3.77 Å². The highest BCUT2D eigenvalue weighted by Crippen LogP contribution is 2.09. The summed E-state index contributed by atoms with van der Waals surface area (Å²) in [5, 5.41) is 3.21. The van der Waals surface area contributed by atoms with Gasteiger partial charge in [-0.25, -0.2) is 0 Å². The van der Waals surface area contributed by atoms with E-state index in [0.717, 1.165) is 22.6 Å². The fraction of sp³-hybridized carbons (Fsp3) is 0.583. The lowest BCUT2D eigenvalue weighted by atomic mass is 10.3. The molecule has 0 radical (unpaired) electrons. The molecule has 1 amide bonds. The maximum atomic E-state index is 11.8. The maximum Gasteiger partial charge on any atom is 0.224 e. The minimum atomic E-state index is 0.194. The minimum Gasteiger partial charge on any atom is -0.454 e. The second-order valence-electron chi connectivity index (χ2n) is 4.13. The van der Waals surface area contributed by atoms with Crippen molar-refractivity contribution in [1.29, 1.82) is 0 Å². The zero-order valence-corrected chi connectivity index (χ0v) is 12.3. The Balaban J connectivity index is 1.61. The van der Waals surface area contributed by atoms with Gasteiger partial charge in [-0.3, -0.25) is 4.79 Å². The first-order valence-electron chi connectivity index (χ1n) is 6.06. The topological polar surface area (TPSA) is 54.7 Å². The van der Waals surface area contributed by atoms with E-state index in [0.29, 0.717) is 32.7 Å². The number of ether oxygens (including phenoxy) is 1. The van der Waals surface area contributed by atoms with Gasteiger partial charge < -0.3 is 19.4 Å². The molecule has 100 valence electrons. The fourth-order valence-corrected chi connectivity index (χ4v) is 2.29. The summed E-state index contributed by atoms with van der Waals surface area (Å²) >= 11 is 2.13. The summed E-state index contributed by atoms with van der Waals surface area (Å²) in [6.45, 7) is 4.09. The van der Waals surface area contributed by atoms with Crippen LogP contribution in [0.3, 0.4) is 0 Å². The summed E-state index contributed by atoms with van der Waals surface area (Å²) in [5.41, 5.74) is 0. The van der Waals surface area contributed by atoms with Crippen LogP contribution in [0, 0.1) is 3.77 Å². The standard InChI is InChI=1S/C12H17IN2O3/c13-11-2-1-10(18-11)9-14-4-3-12(16)15-5-7-17-8-6-15/h1-2,14H,3-9H2. The zero-order chi connectivity index (χ0) is 12.8. The predicted octanol–water partition coefficient (Wildman–Crippen LogP) is 1.22. The number of amides is 1. The van der Waals surface area contributed by atoms with E-state index in [1.807, 2.05) is 17.0 Å². The van der Waals surface area contributed by atoms with Crippen LogP contribution in [0.4, 0.5) is 0 Å². The van der Waals surface area contributed by atoms with E-state index in [2.05, 4.69) is 27.9 Å². The van der Waals surface area contributed by atoms with Gasteiger partial charge in [-0.2, -0.15) is 0 Å². The summed E-state index contributed by atoms with van der Waals surface area (Å²) in [7, 11) is 0. The third kappa shape index (κ3) is 4.25. The van der Waals surface area contributed by atoms with Gasteiger partial charge in [-0.15, -0.1) is 0 Å². The zero-order valence-electron chi connectivity index (χ0n) is 10.2. The van der Waals surface area contributed by atoms with E-state index in [1.165, 1.54) is 0 Å². The highest BCUT2D eigenvalue weighted by Gasteiger charge is 2.15. The van der Waals surface area contributed by atoms with E-state index in [4.69, 9.17) is 9.15 Å². The van der Waals surface area contributed by atoms with Crippen LogP contribution in [-0.4, -0.2) is 43.7 Å². The van der Waals surface area contributed by atoms with E-state index in [9.17, 15) is 4.79 Å². The summed E-state index contributed by atoms with van der Waals surface area (Å²) in [6, 6.07) is 3.87. The molecule has 2 rings (SSSR count). The van der Waals surface area contributed by atoms with Gasteiger partial charge >= 0.3 is 0 Å². The molecule has 0 bridgehead atoms. The third-order valence-electron chi connectivity index (χ3n) is 2.81. The van der Waals surface area contributed by atoms with E-state index < -0.39 is 0 Å². The Morgan fingerprint density at radius 1 is 1.39 bits per heavy atom. The van der Waals surface area contributed by atoms with Gasteiger partial charge in [-0.1, -0.05) is 0 Å². The SMILES string of the molecule is O=C(CCNCc1ccc(I)o1)N1CCOCC1. The van der Waals surface area contributed by atoms with E-state index in [1.54, 1.807) is 0 Å². The molecule has 1 aliphatic heterocycles. The van der Waals surface area contributed by atoms with Crippen LogP contribution in [0.1, 0.15) is 12.2 Å². The van der Waals surface area contributed by atoms with Crippen molar-refractivity contribution >= 4 is 28.5 Å². The molecular formula is C12H17IN2O3. The number of furan rings is 1. The Bertz CT molecular complexity index is 388. The van der Waals surface area contributed by atoms with E-state index >= 15 is 0 Å². The van der Waals surface area contributed by atoms with Crippen molar-refractivity contribution in [2.45, 2.75) is 13.0 Å². The van der Waals surface area contributed by atoms with Crippen molar-refractivity contribution in [3.05, 3.63) is 21.7 Å². The summed E-state index contributed by atoms with van der Waals surface area (Å²) in [5.74, 6) is 1.10. The van der Waals surface area contributed by atoms with Gasteiger partial charge in [0.1, 0.15) is 5.76 Å². The molecule has 1 aliphatic rings.